The predicted molar refractivity (Wildman–Crippen MR) is 54.9 cm³/mol. The Morgan fingerprint density at radius 1 is 1.50 bits per heavy atom. The third kappa shape index (κ3) is 3.88. The van der Waals surface area contributed by atoms with Crippen LogP contribution < -0.4 is 10.5 Å². The maximum atomic E-state index is 12.2. The highest BCUT2D eigenvalue weighted by molar-refractivity contribution is 5.70. The van der Waals surface area contributed by atoms with Crippen molar-refractivity contribution in [2.24, 2.45) is 5.73 Å². The van der Waals surface area contributed by atoms with E-state index in [9.17, 15) is 18.0 Å². The minimum absolute atomic E-state index is 0.00471. The molecule has 0 aromatic carbocycles. The van der Waals surface area contributed by atoms with Crippen molar-refractivity contribution >= 4 is 5.97 Å². The van der Waals surface area contributed by atoms with Crippen LogP contribution in [0.4, 0.5) is 13.2 Å². The van der Waals surface area contributed by atoms with E-state index in [1.54, 1.807) is 0 Å². The Kier molecular flexibility index (Phi) is 4.12. The molecule has 8 heteroatoms. The maximum Gasteiger partial charge on any atom is 0.573 e. The molecule has 100 valence electrons. The second-order valence-electron chi connectivity index (χ2n) is 3.52. The van der Waals surface area contributed by atoms with Gasteiger partial charge in [0.25, 0.3) is 0 Å². The van der Waals surface area contributed by atoms with Crippen molar-refractivity contribution in [3.8, 4) is 5.75 Å². The molecule has 1 aromatic heterocycles. The highest BCUT2D eigenvalue weighted by Crippen LogP contribution is 2.27. The van der Waals surface area contributed by atoms with Crippen LogP contribution >= 0.6 is 0 Å². The van der Waals surface area contributed by atoms with Gasteiger partial charge in [-0.2, -0.15) is 0 Å². The zero-order valence-electron chi connectivity index (χ0n) is 9.41. The Bertz CT molecular complexity index is 460. The fraction of sp³-hybridized carbons (Fsp3) is 0.400. The molecule has 0 saturated heterocycles. The molecule has 1 heterocycles. The van der Waals surface area contributed by atoms with Crippen molar-refractivity contribution in [1.29, 1.82) is 0 Å². The van der Waals surface area contributed by atoms with Gasteiger partial charge in [0.1, 0.15) is 0 Å². The number of hydrogen-bond donors (Lipinski definition) is 2. The van der Waals surface area contributed by atoms with E-state index >= 15 is 0 Å². The van der Waals surface area contributed by atoms with Crippen LogP contribution in [0.2, 0.25) is 0 Å². The van der Waals surface area contributed by atoms with E-state index < -0.39 is 24.5 Å². The Labute approximate surface area is 100 Å². The first kappa shape index (κ1) is 14.2. The van der Waals surface area contributed by atoms with Gasteiger partial charge in [0.15, 0.2) is 5.75 Å². The van der Waals surface area contributed by atoms with Crippen molar-refractivity contribution in [2.45, 2.75) is 26.3 Å². The second kappa shape index (κ2) is 5.21. The predicted octanol–water partition coefficient (Wildman–Crippen LogP) is 1.37. The molecule has 18 heavy (non-hydrogen) atoms. The number of aryl methyl sites for hydroxylation is 1. The summed E-state index contributed by atoms with van der Waals surface area (Å²) < 4.78 is 40.2. The van der Waals surface area contributed by atoms with Gasteiger partial charge < -0.3 is 15.6 Å². The van der Waals surface area contributed by atoms with Crippen molar-refractivity contribution < 1.29 is 27.8 Å². The van der Waals surface area contributed by atoms with Gasteiger partial charge in [0.05, 0.1) is 17.8 Å². The van der Waals surface area contributed by atoms with Crippen LogP contribution in [0.25, 0.3) is 0 Å². The first-order valence-corrected chi connectivity index (χ1v) is 4.90. The fourth-order valence-electron chi connectivity index (χ4n) is 1.36. The summed E-state index contributed by atoms with van der Waals surface area (Å²) in [6, 6.07) is 1.08. The normalized spacial score (nSPS) is 11.4. The number of aromatic nitrogens is 1. The molecule has 0 aliphatic heterocycles. The molecule has 0 radical (unpaired) electrons. The topological polar surface area (TPSA) is 85.4 Å². The smallest absolute Gasteiger partial charge is 0.481 e. The molecule has 5 nitrogen and oxygen atoms in total. The van der Waals surface area contributed by atoms with Crippen LogP contribution in [0.3, 0.4) is 0 Å². The average molecular weight is 264 g/mol. The summed E-state index contributed by atoms with van der Waals surface area (Å²) in [5.74, 6) is -1.92. The van der Waals surface area contributed by atoms with Gasteiger partial charge in [0, 0.05) is 6.54 Å². The molecule has 0 atom stereocenters. The summed E-state index contributed by atoms with van der Waals surface area (Å²) in [5.41, 5.74) is 5.80. The van der Waals surface area contributed by atoms with Crippen LogP contribution in [0, 0.1) is 6.92 Å². The number of carbonyl (C=O) groups is 1. The Morgan fingerprint density at radius 3 is 2.56 bits per heavy atom. The van der Waals surface area contributed by atoms with Crippen LogP contribution in [-0.2, 0) is 17.8 Å². The molecule has 0 aliphatic carbocycles. The van der Waals surface area contributed by atoms with E-state index in [1.807, 2.05) is 0 Å². The van der Waals surface area contributed by atoms with E-state index in [0.717, 1.165) is 6.07 Å². The lowest BCUT2D eigenvalue weighted by atomic mass is 10.1. The molecule has 0 saturated carbocycles. The van der Waals surface area contributed by atoms with Gasteiger partial charge in [-0.1, -0.05) is 0 Å². The molecule has 0 fully saturated rings. The molecule has 3 N–H and O–H groups in total. The first-order valence-electron chi connectivity index (χ1n) is 4.90. The average Bonchev–Trinajstić information content (AvgIpc) is 2.19. The Balaban J connectivity index is 3.20. The summed E-state index contributed by atoms with van der Waals surface area (Å²) in [7, 11) is 0. The Hall–Kier alpha value is -1.83. The Morgan fingerprint density at radius 2 is 2.11 bits per heavy atom. The van der Waals surface area contributed by atoms with Crippen molar-refractivity contribution in [1.82, 2.24) is 4.98 Å². The number of nitrogens with zero attached hydrogens (tertiary/aromatic N) is 1. The first-order chi connectivity index (χ1) is 8.23. The van der Waals surface area contributed by atoms with Gasteiger partial charge in [-0.05, 0) is 18.6 Å². The number of carboxylic acids is 1. The third-order valence-electron chi connectivity index (χ3n) is 2.09. The molecule has 0 aliphatic rings. The van der Waals surface area contributed by atoms with E-state index in [0.29, 0.717) is 11.3 Å². The summed E-state index contributed by atoms with van der Waals surface area (Å²) in [6.07, 6.45) is -5.57. The molecule has 0 bridgehead atoms. The quantitative estimate of drug-likeness (QED) is 0.857. The molecule has 0 amide bonds. The monoisotopic (exact) mass is 264 g/mol. The second-order valence-corrected chi connectivity index (χ2v) is 3.52. The molecule has 0 spiro atoms. The summed E-state index contributed by atoms with van der Waals surface area (Å²) in [6.45, 7) is 1.52. The SMILES string of the molecule is Cc1cc(OC(F)(F)F)c(CC(=O)O)nc1CN. The van der Waals surface area contributed by atoms with Crippen LogP contribution in [0.15, 0.2) is 6.07 Å². The van der Waals surface area contributed by atoms with Crippen LogP contribution in [-0.4, -0.2) is 22.4 Å². The highest BCUT2D eigenvalue weighted by Gasteiger charge is 2.33. The minimum atomic E-state index is -4.90. The largest absolute Gasteiger partial charge is 0.573 e. The zero-order valence-corrected chi connectivity index (χ0v) is 9.41. The zero-order chi connectivity index (χ0) is 13.9. The summed E-state index contributed by atoms with van der Waals surface area (Å²) >= 11 is 0. The minimum Gasteiger partial charge on any atom is -0.481 e. The lowest BCUT2D eigenvalue weighted by Crippen LogP contribution is -2.20. The van der Waals surface area contributed by atoms with Gasteiger partial charge in [0.2, 0.25) is 0 Å². The fourth-order valence-corrected chi connectivity index (χ4v) is 1.36. The molecular weight excluding hydrogens is 253 g/mol. The van der Waals surface area contributed by atoms with E-state index in [4.69, 9.17) is 10.8 Å². The molecular formula is C10H11F3N2O3. The number of ether oxygens (including phenoxy) is 1. The van der Waals surface area contributed by atoms with E-state index in [-0.39, 0.29) is 12.2 Å². The van der Waals surface area contributed by atoms with Gasteiger partial charge in [-0.25, -0.2) is 0 Å². The lowest BCUT2D eigenvalue weighted by Gasteiger charge is -2.14. The van der Waals surface area contributed by atoms with Crippen molar-refractivity contribution in [3.63, 3.8) is 0 Å². The molecule has 1 aromatic rings. The van der Waals surface area contributed by atoms with Gasteiger partial charge >= 0.3 is 12.3 Å². The number of nitrogens with two attached hydrogens (primary N) is 1. The van der Waals surface area contributed by atoms with E-state index in [1.165, 1.54) is 6.92 Å². The van der Waals surface area contributed by atoms with Crippen molar-refractivity contribution in [3.05, 3.63) is 23.0 Å². The number of halogens is 3. The summed E-state index contributed by atoms with van der Waals surface area (Å²) in [4.78, 5) is 14.3. The number of alkyl halides is 3. The number of carboxylic acid groups (broad SMARTS) is 1. The molecule has 1 rings (SSSR count). The maximum absolute atomic E-state index is 12.2. The van der Waals surface area contributed by atoms with Crippen molar-refractivity contribution in [2.75, 3.05) is 0 Å². The van der Waals surface area contributed by atoms with Crippen LogP contribution in [0.5, 0.6) is 5.75 Å². The lowest BCUT2D eigenvalue weighted by molar-refractivity contribution is -0.275. The number of pyridine rings is 1. The molecule has 0 unspecified atom stereocenters. The van der Waals surface area contributed by atoms with Crippen LogP contribution in [0.1, 0.15) is 17.0 Å². The highest BCUT2D eigenvalue weighted by atomic mass is 19.4. The third-order valence-corrected chi connectivity index (χ3v) is 2.09. The number of aliphatic carboxylic acids is 1. The van der Waals surface area contributed by atoms with E-state index in [2.05, 4.69) is 9.72 Å². The standard InChI is InChI=1S/C10H11F3N2O3/c1-5-2-8(18-10(11,12)13)6(3-9(16)17)15-7(5)4-14/h2H,3-4,14H2,1H3,(H,16,17). The van der Waals surface area contributed by atoms with Gasteiger partial charge in [-0.15, -0.1) is 13.2 Å². The van der Waals surface area contributed by atoms with Gasteiger partial charge in [-0.3, -0.25) is 9.78 Å². The number of rotatable bonds is 4. The summed E-state index contributed by atoms with van der Waals surface area (Å²) in [5, 5.41) is 8.61. The number of hydrogen-bond acceptors (Lipinski definition) is 4.